The number of amides is 1. The van der Waals surface area contributed by atoms with Gasteiger partial charge in [-0.2, -0.15) is 15.2 Å². The quantitative estimate of drug-likeness (QED) is 0.267. The van der Waals surface area contributed by atoms with Crippen molar-refractivity contribution < 1.29 is 13.9 Å². The molecule has 2 saturated heterocycles. The molecule has 0 saturated carbocycles. The van der Waals surface area contributed by atoms with Crippen molar-refractivity contribution in [2.45, 2.75) is 31.3 Å². The van der Waals surface area contributed by atoms with E-state index in [-0.39, 0.29) is 35.4 Å². The minimum atomic E-state index is -0.499. The van der Waals surface area contributed by atoms with Gasteiger partial charge < -0.3 is 19.4 Å². The summed E-state index contributed by atoms with van der Waals surface area (Å²) in [5, 5.41) is 11.6. The monoisotopic (exact) mass is 599 g/mol. The molecule has 2 atom stereocenters. The molecule has 2 aliphatic heterocycles. The number of pyridine rings is 1. The fraction of sp³-hybridized carbons (Fsp3) is 0.344. The summed E-state index contributed by atoms with van der Waals surface area (Å²) in [4.78, 5) is 33.0. The van der Waals surface area contributed by atoms with Crippen molar-refractivity contribution >= 4 is 45.1 Å². The molecule has 2 aromatic heterocycles. The molecule has 4 heterocycles. The Labute approximate surface area is 254 Å². The summed E-state index contributed by atoms with van der Waals surface area (Å²) in [6.07, 6.45) is 3.61. The Kier molecular flexibility index (Phi) is 8.10. The zero-order chi connectivity index (χ0) is 30.1. The predicted octanol–water partition coefficient (Wildman–Crippen LogP) is 5.23. The number of hydrogen-bond acceptors (Lipinski definition) is 8. The predicted molar refractivity (Wildman–Crippen MR) is 165 cm³/mol. The molecule has 0 unspecified atom stereocenters. The number of aromatic nitrogens is 3. The first-order valence-electron chi connectivity index (χ1n) is 14.3. The summed E-state index contributed by atoms with van der Waals surface area (Å²) in [5.74, 6) is -0.0799. The third-order valence-electron chi connectivity index (χ3n) is 8.37. The zero-order valence-corrected chi connectivity index (χ0v) is 24.6. The molecule has 0 bridgehead atoms. The van der Waals surface area contributed by atoms with E-state index < -0.39 is 5.82 Å². The maximum atomic E-state index is 14.5. The fourth-order valence-electron chi connectivity index (χ4n) is 6.05. The van der Waals surface area contributed by atoms with Gasteiger partial charge in [-0.1, -0.05) is 42.4 Å². The second-order valence-electron chi connectivity index (χ2n) is 10.9. The van der Waals surface area contributed by atoms with Gasteiger partial charge >= 0.3 is 6.01 Å². The smallest absolute Gasteiger partial charge is 0.320 e. The van der Waals surface area contributed by atoms with Crippen LogP contribution in [-0.2, 0) is 4.79 Å². The lowest BCUT2D eigenvalue weighted by Crippen LogP contribution is -2.55. The molecule has 0 spiro atoms. The highest BCUT2D eigenvalue weighted by Crippen LogP contribution is 2.36. The standard InChI is InChI=1S/C32H31ClFN7O2/c1-3-27(42)41-17-16-40(18-21(41)13-14-35)31-24-10-12-26(23-8-4-6-20-9-11-25(34)29(33)28(20)23)36-30(24)37-32(38-31)43-19-22-7-5-15-39(22)2/h3-4,6,8-12,21-22H,1,5,7,13,15-19H2,2H3/t21-,22-/m0/s1. The largest absolute Gasteiger partial charge is 0.462 e. The van der Waals surface area contributed by atoms with E-state index in [1.54, 1.807) is 11.0 Å². The van der Waals surface area contributed by atoms with Crippen LogP contribution in [0.3, 0.4) is 0 Å². The molecule has 2 aliphatic rings. The average Bonchev–Trinajstić information content (AvgIpc) is 3.44. The zero-order valence-electron chi connectivity index (χ0n) is 23.8. The van der Waals surface area contributed by atoms with E-state index in [1.165, 1.54) is 12.1 Å². The van der Waals surface area contributed by atoms with Crippen molar-refractivity contribution in [1.82, 2.24) is 24.8 Å². The molecule has 2 aromatic carbocycles. The molecule has 4 aromatic rings. The Morgan fingerprint density at radius 1 is 1.16 bits per heavy atom. The maximum Gasteiger partial charge on any atom is 0.320 e. The van der Waals surface area contributed by atoms with Crippen LogP contribution in [0.5, 0.6) is 6.01 Å². The van der Waals surface area contributed by atoms with Gasteiger partial charge in [-0.3, -0.25) is 4.79 Å². The number of anilines is 1. The molecular formula is C32H31ClFN7O2. The maximum absolute atomic E-state index is 14.5. The van der Waals surface area contributed by atoms with Gasteiger partial charge in [0.05, 0.1) is 34.6 Å². The number of likely N-dealkylation sites (N-methyl/N-ethyl adjacent to an activating group) is 1. The Bertz CT molecular complexity index is 1760. The number of halogens is 2. The van der Waals surface area contributed by atoms with Gasteiger partial charge in [0, 0.05) is 36.6 Å². The van der Waals surface area contributed by atoms with Crippen molar-refractivity contribution in [3.8, 4) is 23.3 Å². The number of rotatable bonds is 7. The summed E-state index contributed by atoms with van der Waals surface area (Å²) < 4.78 is 20.7. The van der Waals surface area contributed by atoms with Gasteiger partial charge in [0.1, 0.15) is 18.2 Å². The van der Waals surface area contributed by atoms with E-state index >= 15 is 0 Å². The van der Waals surface area contributed by atoms with E-state index in [0.29, 0.717) is 59.7 Å². The van der Waals surface area contributed by atoms with Gasteiger partial charge in [0.15, 0.2) is 5.65 Å². The number of piperazine rings is 1. The van der Waals surface area contributed by atoms with E-state index in [1.807, 2.05) is 30.3 Å². The fourth-order valence-corrected chi connectivity index (χ4v) is 6.32. The van der Waals surface area contributed by atoms with Crippen molar-refractivity contribution in [3.63, 3.8) is 0 Å². The first-order valence-corrected chi connectivity index (χ1v) is 14.7. The molecule has 9 nitrogen and oxygen atoms in total. The second kappa shape index (κ2) is 12.1. The molecule has 0 aliphatic carbocycles. The number of hydrogen-bond donors (Lipinski definition) is 0. The van der Waals surface area contributed by atoms with Crippen LogP contribution in [0.4, 0.5) is 10.2 Å². The molecule has 6 rings (SSSR count). The Morgan fingerprint density at radius 3 is 2.79 bits per heavy atom. The molecule has 0 radical (unpaired) electrons. The van der Waals surface area contributed by atoms with Crippen molar-refractivity contribution in [2.75, 3.05) is 44.7 Å². The minimum absolute atomic E-state index is 0.0403. The third kappa shape index (κ3) is 5.58. The van der Waals surface area contributed by atoms with Crippen molar-refractivity contribution in [2.24, 2.45) is 0 Å². The number of nitriles is 1. The van der Waals surface area contributed by atoms with Crippen LogP contribution in [0.1, 0.15) is 19.3 Å². The summed E-state index contributed by atoms with van der Waals surface area (Å²) in [6.45, 7) is 6.40. The van der Waals surface area contributed by atoms with Crippen LogP contribution in [0.15, 0.2) is 55.1 Å². The van der Waals surface area contributed by atoms with Gasteiger partial charge in [0.25, 0.3) is 0 Å². The summed E-state index contributed by atoms with van der Waals surface area (Å²) in [7, 11) is 2.08. The summed E-state index contributed by atoms with van der Waals surface area (Å²) in [5.41, 5.74) is 1.69. The lowest BCUT2D eigenvalue weighted by Gasteiger charge is -2.41. The molecule has 1 amide bonds. The molecular weight excluding hydrogens is 569 g/mol. The average molecular weight is 600 g/mol. The van der Waals surface area contributed by atoms with Gasteiger partial charge in [-0.05, 0) is 56.1 Å². The first-order chi connectivity index (χ1) is 20.9. The van der Waals surface area contributed by atoms with Crippen LogP contribution in [0.2, 0.25) is 5.02 Å². The highest BCUT2D eigenvalue weighted by atomic mass is 35.5. The number of fused-ring (bicyclic) bond motifs is 2. The first kappa shape index (κ1) is 28.8. The highest BCUT2D eigenvalue weighted by Gasteiger charge is 2.31. The summed E-state index contributed by atoms with van der Waals surface area (Å²) >= 11 is 6.43. The number of ether oxygens (including phenoxy) is 1. The normalized spacial score (nSPS) is 19.1. The number of carbonyl (C=O) groups excluding carboxylic acids is 1. The lowest BCUT2D eigenvalue weighted by atomic mass is 10.0. The van der Waals surface area contributed by atoms with Crippen LogP contribution in [-0.4, -0.2) is 82.6 Å². The lowest BCUT2D eigenvalue weighted by molar-refractivity contribution is -0.128. The Balaban J connectivity index is 1.43. The number of carbonyl (C=O) groups is 1. The van der Waals surface area contributed by atoms with Crippen LogP contribution in [0.25, 0.3) is 33.1 Å². The van der Waals surface area contributed by atoms with E-state index in [2.05, 4.69) is 29.5 Å². The van der Waals surface area contributed by atoms with E-state index in [0.717, 1.165) is 24.8 Å². The highest BCUT2D eigenvalue weighted by molar-refractivity contribution is 6.36. The van der Waals surface area contributed by atoms with E-state index in [4.69, 9.17) is 31.3 Å². The third-order valence-corrected chi connectivity index (χ3v) is 8.74. The molecule has 43 heavy (non-hydrogen) atoms. The summed E-state index contributed by atoms with van der Waals surface area (Å²) in [6, 6.07) is 14.8. The van der Waals surface area contributed by atoms with Crippen LogP contribution < -0.4 is 9.64 Å². The number of benzene rings is 2. The Hall–Kier alpha value is -4.33. The van der Waals surface area contributed by atoms with Crippen LogP contribution >= 0.6 is 11.6 Å². The number of likely N-dealkylation sites (tertiary alicyclic amines) is 1. The number of nitrogens with zero attached hydrogens (tertiary/aromatic N) is 7. The van der Waals surface area contributed by atoms with Crippen molar-refractivity contribution in [3.05, 3.63) is 66.0 Å². The van der Waals surface area contributed by atoms with Crippen molar-refractivity contribution in [1.29, 1.82) is 5.26 Å². The molecule has 0 N–H and O–H groups in total. The topological polar surface area (TPSA) is 98.5 Å². The molecule has 220 valence electrons. The second-order valence-corrected chi connectivity index (χ2v) is 11.3. The van der Waals surface area contributed by atoms with E-state index in [9.17, 15) is 14.4 Å². The molecule has 2 fully saturated rings. The minimum Gasteiger partial charge on any atom is -0.462 e. The van der Waals surface area contributed by atoms with Gasteiger partial charge in [-0.15, -0.1) is 0 Å². The van der Waals surface area contributed by atoms with Gasteiger partial charge in [-0.25, -0.2) is 9.37 Å². The van der Waals surface area contributed by atoms with Gasteiger partial charge in [0.2, 0.25) is 5.91 Å². The Morgan fingerprint density at radius 2 is 2.02 bits per heavy atom. The molecule has 11 heteroatoms. The van der Waals surface area contributed by atoms with Crippen LogP contribution in [0, 0.1) is 17.1 Å². The SMILES string of the molecule is C=CC(=O)N1CCN(c2nc(OC[C@@H]3CCCN3C)nc3nc(-c4cccc5ccc(F)c(Cl)c45)ccc23)C[C@@H]1CC#N.